The van der Waals surface area contributed by atoms with Gasteiger partial charge in [0.05, 0.1) is 17.8 Å². The second kappa shape index (κ2) is 10.6. The van der Waals surface area contributed by atoms with E-state index in [1.54, 1.807) is 23.5 Å². The number of fused-ring (bicyclic) bond motifs is 1. The van der Waals surface area contributed by atoms with Crippen molar-refractivity contribution >= 4 is 39.5 Å². The maximum Gasteiger partial charge on any atom is 0.147 e. The third-order valence-corrected chi connectivity index (χ3v) is 7.63. The molecule has 7 heteroatoms. The van der Waals surface area contributed by atoms with Crippen LogP contribution in [0.1, 0.15) is 17.7 Å². The largest absolute Gasteiger partial charge is 0.487 e. The molecular weight excluding hydrogens is 464 g/mol. The summed E-state index contributed by atoms with van der Waals surface area (Å²) in [6.07, 6.45) is 2.80. The molecule has 0 amide bonds. The molecule has 34 heavy (non-hydrogen) atoms. The average molecular weight is 491 g/mol. The molecule has 0 spiro atoms. The Hall–Kier alpha value is -2.87. The second-order valence-electron chi connectivity index (χ2n) is 8.02. The molecule has 1 aliphatic rings. The smallest absolute Gasteiger partial charge is 0.147 e. The van der Waals surface area contributed by atoms with Crippen LogP contribution in [-0.4, -0.2) is 39.8 Å². The molecule has 4 aromatic rings. The average Bonchev–Trinajstić information content (AvgIpc) is 3.51. The SMILES string of the molecule is CSc1ccc(Oc2cc(OCc3ccccc3)c3[nH]c(C4=NCC(CCO)S4)cc3c2)cc1. The molecule has 2 N–H and O–H groups in total. The predicted octanol–water partition coefficient (Wildman–Crippen LogP) is 6.51. The number of aliphatic imine (C=N–C) groups is 1. The number of thioether (sulfide) groups is 2. The Morgan fingerprint density at radius 3 is 2.65 bits per heavy atom. The lowest BCUT2D eigenvalue weighted by Crippen LogP contribution is -2.05. The second-order valence-corrected chi connectivity index (χ2v) is 10.2. The lowest BCUT2D eigenvalue weighted by Gasteiger charge is -2.11. The van der Waals surface area contributed by atoms with Gasteiger partial charge in [0, 0.05) is 28.2 Å². The standard InChI is InChI=1S/C27H26N2O3S2/c1-33-22-9-7-20(8-10-22)32-21-13-19-14-24(27-28-16-23(34-27)11-12-30)29-26(19)25(15-21)31-17-18-5-3-2-4-6-18/h2-10,13-15,23,29-30H,11-12,16-17H2,1H3. The van der Waals surface area contributed by atoms with Gasteiger partial charge in [0.2, 0.25) is 0 Å². The van der Waals surface area contributed by atoms with Gasteiger partial charge in [0.15, 0.2) is 0 Å². The van der Waals surface area contributed by atoms with Crippen LogP contribution < -0.4 is 9.47 Å². The number of aromatic amines is 1. The lowest BCUT2D eigenvalue weighted by molar-refractivity contribution is 0.288. The van der Waals surface area contributed by atoms with E-state index in [0.29, 0.717) is 11.9 Å². The highest BCUT2D eigenvalue weighted by Gasteiger charge is 2.22. The van der Waals surface area contributed by atoms with Crippen LogP contribution in [0.2, 0.25) is 0 Å². The van der Waals surface area contributed by atoms with E-state index in [1.807, 2.05) is 42.5 Å². The molecule has 0 bridgehead atoms. The number of rotatable bonds is 9. The lowest BCUT2D eigenvalue weighted by atomic mass is 10.2. The molecule has 174 valence electrons. The van der Waals surface area contributed by atoms with E-state index in [9.17, 15) is 5.11 Å². The van der Waals surface area contributed by atoms with Crippen molar-refractivity contribution in [2.24, 2.45) is 4.99 Å². The van der Waals surface area contributed by atoms with Crippen LogP contribution in [0.15, 0.2) is 82.7 Å². The van der Waals surface area contributed by atoms with E-state index >= 15 is 0 Å². The van der Waals surface area contributed by atoms with Crippen LogP contribution in [-0.2, 0) is 6.61 Å². The Bertz CT molecular complexity index is 1290. The molecule has 1 atom stereocenters. The number of hydrogen-bond acceptors (Lipinski definition) is 6. The Labute approximate surface area is 207 Å². The van der Waals surface area contributed by atoms with Crippen molar-refractivity contribution in [1.82, 2.24) is 4.98 Å². The van der Waals surface area contributed by atoms with Gasteiger partial charge in [0.1, 0.15) is 28.9 Å². The zero-order valence-electron chi connectivity index (χ0n) is 18.9. The number of hydrogen-bond donors (Lipinski definition) is 2. The van der Waals surface area contributed by atoms with Gasteiger partial charge in [-0.3, -0.25) is 4.99 Å². The summed E-state index contributed by atoms with van der Waals surface area (Å²) in [6, 6.07) is 24.3. The van der Waals surface area contributed by atoms with Gasteiger partial charge in [-0.2, -0.15) is 0 Å². The summed E-state index contributed by atoms with van der Waals surface area (Å²) < 4.78 is 12.5. The topological polar surface area (TPSA) is 66.8 Å². The number of H-pyrrole nitrogens is 1. The van der Waals surface area contributed by atoms with Gasteiger partial charge < -0.3 is 19.6 Å². The van der Waals surface area contributed by atoms with Gasteiger partial charge in [-0.25, -0.2) is 0 Å². The number of nitrogens with zero attached hydrogens (tertiary/aromatic N) is 1. The van der Waals surface area contributed by atoms with E-state index in [1.165, 1.54) is 4.90 Å². The number of benzene rings is 3. The monoisotopic (exact) mass is 490 g/mol. The molecule has 0 aliphatic carbocycles. The third-order valence-electron chi connectivity index (χ3n) is 5.60. The molecule has 0 fully saturated rings. The quantitative estimate of drug-likeness (QED) is 0.262. The Morgan fingerprint density at radius 1 is 1.06 bits per heavy atom. The molecular formula is C27H26N2O3S2. The first-order valence-corrected chi connectivity index (χ1v) is 13.3. The summed E-state index contributed by atoms with van der Waals surface area (Å²) in [5, 5.41) is 11.6. The van der Waals surface area contributed by atoms with Crippen LogP contribution >= 0.6 is 23.5 Å². The summed E-state index contributed by atoms with van der Waals surface area (Å²) in [5.41, 5.74) is 2.99. The molecule has 1 aromatic heterocycles. The van der Waals surface area contributed by atoms with Crippen molar-refractivity contribution in [3.8, 4) is 17.2 Å². The van der Waals surface area contributed by atoms with Crippen molar-refractivity contribution in [1.29, 1.82) is 0 Å². The van der Waals surface area contributed by atoms with Gasteiger partial charge in [-0.1, -0.05) is 42.1 Å². The summed E-state index contributed by atoms with van der Waals surface area (Å²) in [4.78, 5) is 9.40. The van der Waals surface area contributed by atoms with Crippen LogP contribution in [0, 0.1) is 0 Å². The van der Waals surface area contributed by atoms with Crippen molar-refractivity contribution < 1.29 is 14.6 Å². The fourth-order valence-corrected chi connectivity index (χ4v) is 5.33. The molecule has 2 heterocycles. The summed E-state index contributed by atoms with van der Waals surface area (Å²) in [5.74, 6) is 2.24. The van der Waals surface area contributed by atoms with E-state index in [0.717, 1.165) is 57.4 Å². The summed E-state index contributed by atoms with van der Waals surface area (Å²) in [6.45, 7) is 1.38. The Kier molecular flexibility index (Phi) is 7.13. The highest BCUT2D eigenvalue weighted by Crippen LogP contribution is 2.36. The minimum absolute atomic E-state index is 0.184. The molecule has 0 saturated heterocycles. The Balaban J connectivity index is 1.45. The molecule has 5 nitrogen and oxygen atoms in total. The van der Waals surface area contributed by atoms with Crippen LogP contribution in [0.4, 0.5) is 0 Å². The number of nitrogens with one attached hydrogen (secondary N) is 1. The number of aliphatic hydroxyl groups excluding tert-OH is 1. The van der Waals surface area contributed by atoms with E-state index in [2.05, 4.69) is 41.6 Å². The van der Waals surface area contributed by atoms with Crippen molar-refractivity contribution in [2.45, 2.75) is 23.2 Å². The fourth-order valence-electron chi connectivity index (χ4n) is 3.85. The van der Waals surface area contributed by atoms with E-state index < -0.39 is 0 Å². The molecule has 5 rings (SSSR count). The van der Waals surface area contributed by atoms with Crippen LogP contribution in [0.25, 0.3) is 10.9 Å². The van der Waals surface area contributed by atoms with Gasteiger partial charge in [-0.05, 0) is 54.6 Å². The van der Waals surface area contributed by atoms with Crippen molar-refractivity contribution in [2.75, 3.05) is 19.4 Å². The van der Waals surface area contributed by atoms with Gasteiger partial charge in [-0.15, -0.1) is 11.8 Å². The van der Waals surface area contributed by atoms with Crippen molar-refractivity contribution in [3.05, 3.63) is 84.1 Å². The molecule has 1 aliphatic heterocycles. The Morgan fingerprint density at radius 2 is 1.88 bits per heavy atom. The molecule has 0 radical (unpaired) electrons. The molecule has 3 aromatic carbocycles. The minimum atomic E-state index is 0.184. The highest BCUT2D eigenvalue weighted by molar-refractivity contribution is 8.15. The number of ether oxygens (including phenoxy) is 2. The zero-order chi connectivity index (χ0) is 23.3. The number of aliphatic hydroxyl groups is 1. The maximum absolute atomic E-state index is 9.26. The highest BCUT2D eigenvalue weighted by atomic mass is 32.2. The zero-order valence-corrected chi connectivity index (χ0v) is 20.5. The van der Waals surface area contributed by atoms with Crippen LogP contribution in [0.3, 0.4) is 0 Å². The summed E-state index contributed by atoms with van der Waals surface area (Å²) in [7, 11) is 0. The van der Waals surface area contributed by atoms with E-state index in [4.69, 9.17) is 14.5 Å². The minimum Gasteiger partial charge on any atom is -0.487 e. The van der Waals surface area contributed by atoms with Crippen molar-refractivity contribution in [3.63, 3.8) is 0 Å². The number of aromatic nitrogens is 1. The third kappa shape index (κ3) is 5.27. The van der Waals surface area contributed by atoms with Crippen LogP contribution in [0.5, 0.6) is 17.2 Å². The normalized spacial score (nSPS) is 15.5. The molecule has 1 unspecified atom stereocenters. The van der Waals surface area contributed by atoms with Gasteiger partial charge >= 0.3 is 0 Å². The predicted molar refractivity (Wildman–Crippen MR) is 142 cm³/mol. The maximum atomic E-state index is 9.26. The first-order chi connectivity index (χ1) is 16.7. The first kappa shape index (κ1) is 22.9. The summed E-state index contributed by atoms with van der Waals surface area (Å²) >= 11 is 3.42. The van der Waals surface area contributed by atoms with Gasteiger partial charge in [0.25, 0.3) is 0 Å². The fraction of sp³-hybridized carbons (Fsp3) is 0.222. The van der Waals surface area contributed by atoms with E-state index in [-0.39, 0.29) is 6.61 Å². The first-order valence-electron chi connectivity index (χ1n) is 11.2. The molecule has 0 saturated carbocycles.